The number of hydrogen-bond donors (Lipinski definition) is 1. The second-order valence-corrected chi connectivity index (χ2v) is 6.85. The lowest BCUT2D eigenvalue weighted by atomic mass is 10.0. The van der Waals surface area contributed by atoms with E-state index in [2.05, 4.69) is 5.32 Å². The molecule has 0 bridgehead atoms. The summed E-state index contributed by atoms with van der Waals surface area (Å²) >= 11 is 5.89. The molecule has 0 spiro atoms. The van der Waals surface area contributed by atoms with Crippen molar-refractivity contribution in [3.05, 3.63) is 99.2 Å². The van der Waals surface area contributed by atoms with Crippen molar-refractivity contribution in [2.45, 2.75) is 6.92 Å². The molecule has 138 valence electrons. The minimum absolute atomic E-state index is 0.123. The molecule has 0 atom stereocenters. The molecule has 0 aliphatic heterocycles. The molecule has 1 N–H and O–H groups in total. The second-order valence-electron chi connectivity index (χ2n) is 6.41. The van der Waals surface area contributed by atoms with Crippen molar-refractivity contribution >= 4 is 34.4 Å². The molecule has 3 aromatic carbocycles. The van der Waals surface area contributed by atoms with Gasteiger partial charge in [0.15, 0.2) is 0 Å². The standard InChI is InChI=1S/C23H16ClNO3/c1-14-6-5-9-18-20(26)19(15-7-3-2-4-8-15)23(28-21(14)18)25-22(27)16-10-12-17(24)13-11-16/h2-13H,1H3,(H,25,27). The van der Waals surface area contributed by atoms with Crippen molar-refractivity contribution in [3.8, 4) is 11.1 Å². The maximum atomic E-state index is 13.2. The predicted molar refractivity (Wildman–Crippen MR) is 112 cm³/mol. The number of carbonyl (C=O) groups is 1. The van der Waals surface area contributed by atoms with E-state index in [1.54, 1.807) is 30.3 Å². The van der Waals surface area contributed by atoms with Crippen LogP contribution < -0.4 is 10.7 Å². The fourth-order valence-corrected chi connectivity index (χ4v) is 3.22. The average molecular weight is 390 g/mol. The SMILES string of the molecule is Cc1cccc2c(=O)c(-c3ccccc3)c(NC(=O)c3ccc(Cl)cc3)oc12. The summed E-state index contributed by atoms with van der Waals surface area (Å²) in [7, 11) is 0. The predicted octanol–water partition coefficient (Wildman–Crippen LogP) is 5.67. The monoisotopic (exact) mass is 389 g/mol. The van der Waals surface area contributed by atoms with Crippen LogP contribution in [-0.2, 0) is 0 Å². The molecule has 5 heteroatoms. The van der Waals surface area contributed by atoms with Gasteiger partial charge in [-0.3, -0.25) is 14.9 Å². The fourth-order valence-electron chi connectivity index (χ4n) is 3.09. The molecule has 1 heterocycles. The molecule has 0 aliphatic rings. The summed E-state index contributed by atoms with van der Waals surface area (Å²) in [5, 5.41) is 3.77. The summed E-state index contributed by atoms with van der Waals surface area (Å²) in [6.45, 7) is 1.86. The highest BCUT2D eigenvalue weighted by Gasteiger charge is 2.19. The number of benzene rings is 3. The van der Waals surface area contributed by atoms with Crippen LogP contribution in [0.4, 0.5) is 5.88 Å². The minimum Gasteiger partial charge on any atom is -0.439 e. The maximum Gasteiger partial charge on any atom is 0.257 e. The highest BCUT2D eigenvalue weighted by atomic mass is 35.5. The van der Waals surface area contributed by atoms with Gasteiger partial charge in [0.05, 0.1) is 10.9 Å². The number of aryl methyl sites for hydroxylation is 1. The quantitative estimate of drug-likeness (QED) is 0.490. The number of nitrogens with one attached hydrogen (secondary N) is 1. The zero-order chi connectivity index (χ0) is 19.7. The van der Waals surface area contributed by atoms with E-state index in [9.17, 15) is 9.59 Å². The summed E-state index contributed by atoms with van der Waals surface area (Å²) < 4.78 is 6.02. The van der Waals surface area contributed by atoms with E-state index in [0.29, 0.717) is 32.7 Å². The maximum absolute atomic E-state index is 13.2. The summed E-state index contributed by atoms with van der Waals surface area (Å²) in [5.41, 5.74) is 2.49. The van der Waals surface area contributed by atoms with Gasteiger partial charge in [0, 0.05) is 10.6 Å². The van der Waals surface area contributed by atoms with E-state index < -0.39 is 0 Å². The van der Waals surface area contributed by atoms with Crippen molar-refractivity contribution in [2.24, 2.45) is 0 Å². The zero-order valence-electron chi connectivity index (χ0n) is 15.0. The molecule has 4 nitrogen and oxygen atoms in total. The first-order chi connectivity index (χ1) is 13.5. The molecule has 0 saturated carbocycles. The van der Waals surface area contributed by atoms with Gasteiger partial charge >= 0.3 is 0 Å². The van der Waals surface area contributed by atoms with Crippen LogP contribution in [0.3, 0.4) is 0 Å². The molecule has 0 radical (unpaired) electrons. The molecule has 4 aromatic rings. The van der Waals surface area contributed by atoms with E-state index in [0.717, 1.165) is 5.56 Å². The van der Waals surface area contributed by atoms with E-state index >= 15 is 0 Å². The third-order valence-corrected chi connectivity index (χ3v) is 4.76. The normalized spacial score (nSPS) is 10.8. The Labute approximate surface area is 166 Å². The van der Waals surface area contributed by atoms with Crippen molar-refractivity contribution in [1.29, 1.82) is 0 Å². The number of hydrogen-bond acceptors (Lipinski definition) is 3. The van der Waals surface area contributed by atoms with Gasteiger partial charge in [-0.25, -0.2) is 0 Å². The average Bonchev–Trinajstić information content (AvgIpc) is 2.70. The van der Waals surface area contributed by atoms with Gasteiger partial charge in [0.2, 0.25) is 11.3 Å². The van der Waals surface area contributed by atoms with Crippen molar-refractivity contribution in [1.82, 2.24) is 0 Å². The lowest BCUT2D eigenvalue weighted by molar-refractivity contribution is 0.102. The van der Waals surface area contributed by atoms with Crippen molar-refractivity contribution in [2.75, 3.05) is 5.32 Å². The van der Waals surface area contributed by atoms with Gasteiger partial charge in [-0.1, -0.05) is 54.1 Å². The largest absolute Gasteiger partial charge is 0.439 e. The van der Waals surface area contributed by atoms with Crippen LogP contribution in [-0.4, -0.2) is 5.91 Å². The number of fused-ring (bicyclic) bond motifs is 1. The number of amides is 1. The summed E-state index contributed by atoms with van der Waals surface area (Å²) in [5.74, 6) is -0.261. The van der Waals surface area contributed by atoms with Crippen LogP contribution in [0.15, 0.2) is 82.0 Å². The number of rotatable bonds is 3. The third-order valence-electron chi connectivity index (χ3n) is 4.51. The molecular formula is C23H16ClNO3. The van der Waals surface area contributed by atoms with Crippen LogP contribution in [0, 0.1) is 6.92 Å². The third kappa shape index (κ3) is 3.30. The first-order valence-corrected chi connectivity index (χ1v) is 9.11. The number of halogens is 1. The molecule has 4 rings (SSSR count). The van der Waals surface area contributed by atoms with Crippen LogP contribution >= 0.6 is 11.6 Å². The summed E-state index contributed by atoms with van der Waals surface area (Å²) in [6.07, 6.45) is 0. The van der Waals surface area contributed by atoms with E-state index in [-0.39, 0.29) is 17.2 Å². The molecule has 0 unspecified atom stereocenters. The second kappa shape index (κ2) is 7.33. The summed E-state index contributed by atoms with van der Waals surface area (Å²) in [6, 6.07) is 21.1. The highest BCUT2D eigenvalue weighted by Crippen LogP contribution is 2.30. The highest BCUT2D eigenvalue weighted by molar-refractivity contribution is 6.30. The Bertz CT molecular complexity index is 1230. The van der Waals surface area contributed by atoms with Gasteiger partial charge in [0.1, 0.15) is 5.58 Å². The van der Waals surface area contributed by atoms with E-state index in [4.69, 9.17) is 16.0 Å². The molecule has 0 fully saturated rings. The van der Waals surface area contributed by atoms with Crippen LogP contribution in [0.1, 0.15) is 15.9 Å². The molecular weight excluding hydrogens is 374 g/mol. The fraction of sp³-hybridized carbons (Fsp3) is 0.0435. The van der Waals surface area contributed by atoms with Gasteiger partial charge in [-0.2, -0.15) is 0 Å². The first kappa shape index (κ1) is 18.0. The minimum atomic E-state index is -0.384. The van der Waals surface area contributed by atoms with Crippen molar-refractivity contribution < 1.29 is 9.21 Å². The molecule has 0 aliphatic carbocycles. The lowest BCUT2D eigenvalue weighted by Gasteiger charge is -2.12. The van der Waals surface area contributed by atoms with Crippen molar-refractivity contribution in [3.63, 3.8) is 0 Å². The Kier molecular flexibility index (Phi) is 4.72. The van der Waals surface area contributed by atoms with Gasteiger partial charge in [-0.05, 0) is 48.4 Å². The molecule has 0 saturated heterocycles. The number of carbonyl (C=O) groups excluding carboxylic acids is 1. The molecule has 1 aromatic heterocycles. The first-order valence-electron chi connectivity index (χ1n) is 8.73. The Balaban J connectivity index is 1.90. The summed E-state index contributed by atoms with van der Waals surface area (Å²) in [4.78, 5) is 26.0. The van der Waals surface area contributed by atoms with E-state index in [1.165, 1.54) is 0 Å². The molecule has 1 amide bonds. The Morgan fingerprint density at radius 3 is 2.36 bits per heavy atom. The Morgan fingerprint density at radius 2 is 1.64 bits per heavy atom. The van der Waals surface area contributed by atoms with Crippen LogP contribution in [0.5, 0.6) is 0 Å². The Hall–Kier alpha value is -3.37. The number of anilines is 1. The van der Waals surface area contributed by atoms with E-state index in [1.807, 2.05) is 49.4 Å². The molecule has 28 heavy (non-hydrogen) atoms. The Morgan fingerprint density at radius 1 is 0.929 bits per heavy atom. The lowest BCUT2D eigenvalue weighted by Crippen LogP contribution is -2.16. The van der Waals surface area contributed by atoms with Gasteiger partial charge in [0.25, 0.3) is 5.91 Å². The van der Waals surface area contributed by atoms with Crippen LogP contribution in [0.2, 0.25) is 5.02 Å². The topological polar surface area (TPSA) is 59.3 Å². The van der Waals surface area contributed by atoms with Crippen LogP contribution in [0.25, 0.3) is 22.1 Å². The smallest absolute Gasteiger partial charge is 0.257 e. The van der Waals surface area contributed by atoms with Gasteiger partial charge < -0.3 is 4.42 Å². The van der Waals surface area contributed by atoms with Gasteiger partial charge in [-0.15, -0.1) is 0 Å². The number of para-hydroxylation sites is 1. The zero-order valence-corrected chi connectivity index (χ0v) is 15.8.